The SMILES string of the molecule is CC(=O)COB(OC1COS(=O)(=O)C1)OC1COS(=O)(=O)C1. The molecule has 0 aromatic heterocycles. The van der Waals surface area contributed by atoms with Crippen molar-refractivity contribution in [2.45, 2.75) is 19.1 Å². The molecule has 10 nitrogen and oxygen atoms in total. The number of carbonyl (C=O) groups excluding carboxylic acids is 1. The lowest BCUT2D eigenvalue weighted by atomic mass is 10.2. The van der Waals surface area contributed by atoms with Crippen molar-refractivity contribution in [1.29, 1.82) is 0 Å². The maximum Gasteiger partial charge on any atom is 0.640 e. The van der Waals surface area contributed by atoms with E-state index in [0.29, 0.717) is 0 Å². The summed E-state index contributed by atoms with van der Waals surface area (Å²) in [5.74, 6) is -1.06. The third-order valence-corrected chi connectivity index (χ3v) is 5.23. The molecule has 0 spiro atoms. The molecule has 2 unspecified atom stereocenters. The molecule has 0 radical (unpaired) electrons. The lowest BCUT2D eigenvalue weighted by molar-refractivity contribution is -0.120. The number of rotatable bonds is 7. The van der Waals surface area contributed by atoms with E-state index >= 15 is 0 Å². The van der Waals surface area contributed by atoms with Gasteiger partial charge >= 0.3 is 7.32 Å². The molecule has 2 heterocycles. The molecule has 0 aromatic carbocycles. The van der Waals surface area contributed by atoms with E-state index in [1.54, 1.807) is 0 Å². The Morgan fingerprint density at radius 1 is 1.05 bits per heavy atom. The van der Waals surface area contributed by atoms with E-state index in [-0.39, 0.29) is 37.1 Å². The van der Waals surface area contributed by atoms with Crippen LogP contribution in [0.2, 0.25) is 0 Å². The molecule has 0 bridgehead atoms. The van der Waals surface area contributed by atoms with Gasteiger partial charge < -0.3 is 14.0 Å². The van der Waals surface area contributed by atoms with Crippen LogP contribution in [-0.4, -0.2) is 73.5 Å². The van der Waals surface area contributed by atoms with Crippen molar-refractivity contribution >= 4 is 33.3 Å². The van der Waals surface area contributed by atoms with E-state index in [1.165, 1.54) is 6.92 Å². The van der Waals surface area contributed by atoms with Gasteiger partial charge in [0.2, 0.25) is 0 Å². The summed E-state index contributed by atoms with van der Waals surface area (Å²) in [6.07, 6.45) is -1.67. The fraction of sp³-hybridized carbons (Fsp3) is 0.889. The molecule has 13 heteroatoms. The van der Waals surface area contributed by atoms with Gasteiger partial charge in [0.05, 0.1) is 32.0 Å². The van der Waals surface area contributed by atoms with Crippen molar-refractivity contribution in [3.05, 3.63) is 0 Å². The molecule has 2 atom stereocenters. The smallest absolute Gasteiger partial charge is 0.379 e. The normalized spacial score (nSPS) is 29.5. The first-order valence-electron chi connectivity index (χ1n) is 6.31. The third-order valence-electron chi connectivity index (χ3n) is 2.68. The van der Waals surface area contributed by atoms with Crippen molar-refractivity contribution in [2.24, 2.45) is 0 Å². The maximum absolute atomic E-state index is 11.2. The fourth-order valence-electron chi connectivity index (χ4n) is 1.77. The molecule has 2 fully saturated rings. The van der Waals surface area contributed by atoms with Crippen molar-refractivity contribution < 1.29 is 44.0 Å². The Hall–Kier alpha value is -0.565. The summed E-state index contributed by atoms with van der Waals surface area (Å²) in [4.78, 5) is 11.0. The summed E-state index contributed by atoms with van der Waals surface area (Å²) in [5, 5.41) is 0. The number of Topliss-reactive ketones (excluding diaryl/α,β-unsaturated/α-hetero) is 1. The minimum absolute atomic E-state index is 0.203. The Bertz CT molecular complexity index is 568. The van der Waals surface area contributed by atoms with Crippen LogP contribution in [0.15, 0.2) is 0 Å². The van der Waals surface area contributed by atoms with Crippen LogP contribution in [0.5, 0.6) is 0 Å². The Balaban J connectivity index is 1.92. The van der Waals surface area contributed by atoms with Gasteiger partial charge in [0.15, 0.2) is 5.78 Å². The molecule has 0 saturated carbocycles. The molecular formula is C9H15BO10S2. The van der Waals surface area contributed by atoms with Crippen LogP contribution in [0.1, 0.15) is 6.92 Å². The van der Waals surface area contributed by atoms with Gasteiger partial charge in [-0.15, -0.1) is 0 Å². The van der Waals surface area contributed by atoms with Crippen LogP contribution in [0.25, 0.3) is 0 Å². The summed E-state index contributed by atoms with van der Waals surface area (Å²) >= 11 is 0. The highest BCUT2D eigenvalue weighted by molar-refractivity contribution is 7.87. The van der Waals surface area contributed by atoms with Crippen LogP contribution in [0.4, 0.5) is 0 Å². The maximum atomic E-state index is 11.2. The molecule has 0 aromatic rings. The highest BCUT2D eigenvalue weighted by atomic mass is 32.2. The van der Waals surface area contributed by atoms with Gasteiger partial charge in [-0.05, 0) is 6.92 Å². The number of hydrogen-bond acceptors (Lipinski definition) is 10. The summed E-state index contributed by atoms with van der Waals surface area (Å²) in [6.45, 7) is 0.546. The summed E-state index contributed by atoms with van der Waals surface area (Å²) in [5.41, 5.74) is 0. The lowest BCUT2D eigenvalue weighted by Gasteiger charge is -2.18. The van der Waals surface area contributed by atoms with Crippen LogP contribution in [0, 0.1) is 0 Å². The van der Waals surface area contributed by atoms with Gasteiger partial charge in [-0.25, -0.2) is 0 Å². The predicted molar refractivity (Wildman–Crippen MR) is 71.6 cm³/mol. The minimum atomic E-state index is -3.64. The second-order valence-electron chi connectivity index (χ2n) is 4.84. The Kier molecular flexibility index (Phi) is 5.58. The quantitative estimate of drug-likeness (QED) is 0.374. The van der Waals surface area contributed by atoms with E-state index < -0.39 is 39.8 Å². The zero-order chi connectivity index (χ0) is 16.4. The number of ketones is 1. The minimum Gasteiger partial charge on any atom is -0.379 e. The van der Waals surface area contributed by atoms with E-state index in [1.807, 2.05) is 0 Å². The highest BCUT2D eigenvalue weighted by Crippen LogP contribution is 2.17. The Morgan fingerprint density at radius 3 is 1.82 bits per heavy atom. The van der Waals surface area contributed by atoms with Crippen molar-refractivity contribution in [2.75, 3.05) is 31.3 Å². The zero-order valence-corrected chi connectivity index (χ0v) is 13.3. The average molecular weight is 358 g/mol. The molecular weight excluding hydrogens is 343 g/mol. The molecule has 22 heavy (non-hydrogen) atoms. The number of carbonyl (C=O) groups is 1. The van der Waals surface area contributed by atoms with Crippen LogP contribution in [0.3, 0.4) is 0 Å². The molecule has 2 aliphatic heterocycles. The fourth-order valence-corrected chi connectivity index (χ4v) is 3.95. The second-order valence-corrected chi connectivity index (χ2v) is 8.20. The van der Waals surface area contributed by atoms with E-state index in [9.17, 15) is 21.6 Å². The van der Waals surface area contributed by atoms with Crippen molar-refractivity contribution in [3.8, 4) is 0 Å². The van der Waals surface area contributed by atoms with Crippen molar-refractivity contribution in [3.63, 3.8) is 0 Å². The van der Waals surface area contributed by atoms with Gasteiger partial charge in [0.1, 0.15) is 11.5 Å². The molecule has 0 aliphatic carbocycles. The first kappa shape index (κ1) is 17.8. The largest absolute Gasteiger partial charge is 0.640 e. The Labute approximate surface area is 128 Å². The van der Waals surface area contributed by atoms with E-state index in [2.05, 4.69) is 8.37 Å². The van der Waals surface area contributed by atoms with Crippen LogP contribution in [-0.2, 0) is 47.4 Å². The molecule has 0 N–H and O–H groups in total. The van der Waals surface area contributed by atoms with Crippen LogP contribution >= 0.6 is 0 Å². The first-order valence-corrected chi connectivity index (χ1v) is 9.47. The lowest BCUT2D eigenvalue weighted by Crippen LogP contribution is -2.39. The van der Waals surface area contributed by atoms with Gasteiger partial charge in [-0.3, -0.25) is 13.2 Å². The summed E-state index contributed by atoms with van der Waals surface area (Å²) < 4.78 is 69.4. The Morgan fingerprint density at radius 2 is 1.50 bits per heavy atom. The van der Waals surface area contributed by atoms with Crippen molar-refractivity contribution in [1.82, 2.24) is 0 Å². The van der Waals surface area contributed by atoms with Gasteiger partial charge in [-0.1, -0.05) is 0 Å². The second kappa shape index (κ2) is 6.90. The summed E-state index contributed by atoms with van der Waals surface area (Å²) in [7, 11) is -8.68. The van der Waals surface area contributed by atoms with E-state index in [4.69, 9.17) is 14.0 Å². The first-order chi connectivity index (χ1) is 10.2. The molecule has 2 aliphatic rings. The predicted octanol–water partition coefficient (Wildman–Crippen LogP) is -1.93. The third kappa shape index (κ3) is 5.57. The summed E-state index contributed by atoms with van der Waals surface area (Å²) in [6, 6.07) is 0. The molecule has 2 rings (SSSR count). The highest BCUT2D eigenvalue weighted by Gasteiger charge is 2.39. The van der Waals surface area contributed by atoms with Gasteiger partial charge in [0, 0.05) is 0 Å². The molecule has 126 valence electrons. The molecule has 0 amide bonds. The average Bonchev–Trinajstić information content (AvgIpc) is 2.88. The van der Waals surface area contributed by atoms with Gasteiger partial charge in [0.25, 0.3) is 20.2 Å². The van der Waals surface area contributed by atoms with E-state index in [0.717, 1.165) is 0 Å². The van der Waals surface area contributed by atoms with Gasteiger partial charge in [-0.2, -0.15) is 16.8 Å². The topological polar surface area (TPSA) is 132 Å². The molecule has 2 saturated heterocycles. The standard InChI is InChI=1S/C9H15BO10S2/c1-7(11)2-16-10(19-8-3-17-21(12,13)5-8)20-9-4-18-22(14,15)6-9/h8-9H,2-6H2,1H3. The van der Waals surface area contributed by atoms with Crippen LogP contribution < -0.4 is 0 Å². The number of hydrogen-bond donors (Lipinski definition) is 0. The zero-order valence-electron chi connectivity index (χ0n) is 11.7. The monoisotopic (exact) mass is 358 g/mol.